The van der Waals surface area contributed by atoms with Crippen LogP contribution in [0.1, 0.15) is 79.7 Å². The Morgan fingerprint density at radius 2 is 1.69 bits per heavy atom. The number of rotatable bonds is 5. The van der Waals surface area contributed by atoms with Crippen LogP contribution in [0, 0.1) is 11.8 Å². The van der Waals surface area contributed by atoms with Crippen LogP contribution < -0.4 is 0 Å². The molecule has 1 unspecified atom stereocenters. The fraction of sp³-hybridized carbons (Fsp3) is 0.379. The summed E-state index contributed by atoms with van der Waals surface area (Å²) in [7, 11) is 0. The Bertz CT molecular complexity index is 975. The first-order chi connectivity index (χ1) is 14.2. The summed E-state index contributed by atoms with van der Waals surface area (Å²) in [6.45, 7) is 4.57. The lowest BCUT2D eigenvalue weighted by Crippen LogP contribution is -2.05. The molecule has 0 spiro atoms. The predicted molar refractivity (Wildman–Crippen MR) is 126 cm³/mol. The van der Waals surface area contributed by atoms with Gasteiger partial charge in [0.25, 0.3) is 0 Å². The van der Waals surface area contributed by atoms with Crippen molar-refractivity contribution in [2.75, 3.05) is 0 Å². The van der Waals surface area contributed by atoms with E-state index in [0.29, 0.717) is 11.8 Å². The van der Waals surface area contributed by atoms with Gasteiger partial charge in [0.05, 0.1) is 0 Å². The SMILES string of the molecule is CC(C)Cc1ccc(C2=CC(c3ccc4c(c3)C=CC4C3CCCC3)=CC2)cc1. The number of allylic oxidation sites excluding steroid dienone is 5. The molecule has 3 aliphatic carbocycles. The zero-order chi connectivity index (χ0) is 19.8. The summed E-state index contributed by atoms with van der Waals surface area (Å²) in [6.07, 6.45) is 17.5. The summed E-state index contributed by atoms with van der Waals surface area (Å²) >= 11 is 0. The predicted octanol–water partition coefficient (Wildman–Crippen LogP) is 8.06. The molecule has 0 saturated heterocycles. The Hall–Kier alpha value is -2.34. The lowest BCUT2D eigenvalue weighted by atomic mass is 9.86. The maximum absolute atomic E-state index is 2.47. The molecule has 0 aromatic heterocycles. The summed E-state index contributed by atoms with van der Waals surface area (Å²) < 4.78 is 0. The van der Waals surface area contributed by atoms with Crippen molar-refractivity contribution in [3.63, 3.8) is 0 Å². The summed E-state index contributed by atoms with van der Waals surface area (Å²) in [5.74, 6) is 2.24. The number of hydrogen-bond acceptors (Lipinski definition) is 0. The molecule has 2 aromatic rings. The lowest BCUT2D eigenvalue weighted by molar-refractivity contribution is 0.498. The molecular formula is C29H32. The van der Waals surface area contributed by atoms with Gasteiger partial charge < -0.3 is 0 Å². The van der Waals surface area contributed by atoms with Gasteiger partial charge in [-0.05, 0) is 82.5 Å². The average Bonchev–Trinajstić information content (AvgIpc) is 3.47. The van der Waals surface area contributed by atoms with Crippen LogP contribution >= 0.6 is 0 Å². The van der Waals surface area contributed by atoms with E-state index in [1.807, 2.05) is 0 Å². The fourth-order valence-electron chi connectivity index (χ4n) is 5.49. The van der Waals surface area contributed by atoms with Crippen molar-refractivity contribution < 1.29 is 0 Å². The number of benzene rings is 2. The molecule has 5 rings (SSSR count). The highest BCUT2D eigenvalue weighted by atomic mass is 14.3. The Morgan fingerprint density at radius 1 is 0.931 bits per heavy atom. The van der Waals surface area contributed by atoms with E-state index in [0.717, 1.165) is 18.8 Å². The maximum atomic E-state index is 2.47. The molecule has 3 aliphatic rings. The standard InChI is InChI=1S/C29H32/c1-20(2)17-21-7-9-22(10-8-21)24-11-12-25(18-24)26-13-15-29-27(19-26)14-16-28(29)23-5-3-4-6-23/h7-10,12-16,18-20,23,28H,3-6,11,17H2,1-2H3. The van der Waals surface area contributed by atoms with Gasteiger partial charge >= 0.3 is 0 Å². The van der Waals surface area contributed by atoms with Gasteiger partial charge in [-0.25, -0.2) is 0 Å². The quantitative estimate of drug-likeness (QED) is 0.492. The summed E-state index contributed by atoms with van der Waals surface area (Å²) in [5.41, 5.74) is 10.0. The minimum absolute atomic E-state index is 0.662. The van der Waals surface area contributed by atoms with Crippen LogP contribution in [0.5, 0.6) is 0 Å². The van der Waals surface area contributed by atoms with E-state index in [4.69, 9.17) is 0 Å². The molecule has 0 amide bonds. The van der Waals surface area contributed by atoms with Crippen molar-refractivity contribution in [1.29, 1.82) is 0 Å². The lowest BCUT2D eigenvalue weighted by Gasteiger charge is -2.18. The zero-order valence-corrected chi connectivity index (χ0v) is 17.8. The van der Waals surface area contributed by atoms with E-state index < -0.39 is 0 Å². The molecular weight excluding hydrogens is 348 g/mol. The first-order valence-corrected chi connectivity index (χ1v) is 11.5. The van der Waals surface area contributed by atoms with Crippen molar-refractivity contribution in [3.8, 4) is 0 Å². The second-order valence-corrected chi connectivity index (χ2v) is 9.60. The van der Waals surface area contributed by atoms with Crippen molar-refractivity contribution in [2.45, 2.75) is 58.3 Å². The molecule has 148 valence electrons. The van der Waals surface area contributed by atoms with Gasteiger partial charge in [-0.1, -0.05) is 87.4 Å². The fourth-order valence-corrected chi connectivity index (χ4v) is 5.49. The molecule has 0 aliphatic heterocycles. The maximum Gasteiger partial charge on any atom is 0.00555 e. The summed E-state index contributed by atoms with van der Waals surface area (Å²) in [4.78, 5) is 0. The van der Waals surface area contributed by atoms with Gasteiger partial charge in [-0.3, -0.25) is 0 Å². The van der Waals surface area contributed by atoms with Gasteiger partial charge in [-0.2, -0.15) is 0 Å². The Balaban J connectivity index is 1.33. The molecule has 1 saturated carbocycles. The second-order valence-electron chi connectivity index (χ2n) is 9.60. The van der Waals surface area contributed by atoms with Crippen LogP contribution in [-0.4, -0.2) is 0 Å². The van der Waals surface area contributed by atoms with Crippen LogP contribution in [0.4, 0.5) is 0 Å². The Labute approximate surface area is 176 Å². The normalized spacial score (nSPS) is 21.0. The highest BCUT2D eigenvalue weighted by molar-refractivity contribution is 5.90. The van der Waals surface area contributed by atoms with Gasteiger partial charge in [0, 0.05) is 5.92 Å². The largest absolute Gasteiger partial charge is 0.0761 e. The molecule has 0 heteroatoms. The Morgan fingerprint density at radius 3 is 2.45 bits per heavy atom. The van der Waals surface area contributed by atoms with E-state index in [9.17, 15) is 0 Å². The minimum atomic E-state index is 0.662. The summed E-state index contributed by atoms with van der Waals surface area (Å²) in [6, 6.07) is 16.4. The van der Waals surface area contributed by atoms with Gasteiger partial charge in [0.15, 0.2) is 0 Å². The highest BCUT2D eigenvalue weighted by Crippen LogP contribution is 2.44. The van der Waals surface area contributed by atoms with Gasteiger partial charge in [0.1, 0.15) is 0 Å². The molecule has 0 radical (unpaired) electrons. The number of hydrogen-bond donors (Lipinski definition) is 0. The third kappa shape index (κ3) is 3.78. The van der Waals surface area contributed by atoms with Gasteiger partial charge in [0.2, 0.25) is 0 Å². The van der Waals surface area contributed by atoms with Crippen molar-refractivity contribution in [1.82, 2.24) is 0 Å². The summed E-state index contributed by atoms with van der Waals surface area (Å²) in [5, 5.41) is 0. The molecule has 0 bridgehead atoms. The number of fused-ring (bicyclic) bond motifs is 1. The molecule has 29 heavy (non-hydrogen) atoms. The smallest absolute Gasteiger partial charge is 0.00555 e. The third-order valence-electron chi connectivity index (χ3n) is 7.01. The van der Waals surface area contributed by atoms with E-state index in [1.54, 1.807) is 5.56 Å². The van der Waals surface area contributed by atoms with Crippen LogP contribution in [0.15, 0.2) is 60.7 Å². The van der Waals surface area contributed by atoms with E-state index in [1.165, 1.54) is 59.1 Å². The molecule has 1 atom stereocenters. The zero-order valence-electron chi connectivity index (χ0n) is 17.8. The molecule has 0 N–H and O–H groups in total. The second kappa shape index (κ2) is 7.82. The average molecular weight is 381 g/mol. The van der Waals surface area contributed by atoms with Crippen LogP contribution in [0.3, 0.4) is 0 Å². The van der Waals surface area contributed by atoms with Crippen molar-refractivity contribution >= 4 is 17.2 Å². The first-order valence-electron chi connectivity index (χ1n) is 11.5. The first kappa shape index (κ1) is 18.7. The molecule has 1 fully saturated rings. The minimum Gasteiger partial charge on any atom is -0.0761 e. The topological polar surface area (TPSA) is 0 Å². The van der Waals surface area contributed by atoms with Crippen LogP contribution in [0.25, 0.3) is 17.2 Å². The van der Waals surface area contributed by atoms with Crippen LogP contribution in [-0.2, 0) is 6.42 Å². The van der Waals surface area contributed by atoms with Crippen molar-refractivity contribution in [3.05, 3.63) is 88.5 Å². The van der Waals surface area contributed by atoms with E-state index in [2.05, 4.69) is 80.6 Å². The van der Waals surface area contributed by atoms with Crippen LogP contribution in [0.2, 0.25) is 0 Å². The van der Waals surface area contributed by atoms with Gasteiger partial charge in [-0.15, -0.1) is 0 Å². The van der Waals surface area contributed by atoms with E-state index >= 15 is 0 Å². The molecule has 2 aromatic carbocycles. The Kier molecular flexibility index (Phi) is 5.04. The molecule has 0 heterocycles. The third-order valence-corrected chi connectivity index (χ3v) is 7.01. The molecule has 0 nitrogen and oxygen atoms in total. The monoisotopic (exact) mass is 380 g/mol. The highest BCUT2D eigenvalue weighted by Gasteiger charge is 2.28. The van der Waals surface area contributed by atoms with Crippen molar-refractivity contribution in [2.24, 2.45) is 11.8 Å². The van der Waals surface area contributed by atoms with E-state index in [-0.39, 0.29) is 0 Å².